The number of amides is 1. The molecule has 3 unspecified atom stereocenters. The monoisotopic (exact) mass is 408 g/mol. The third kappa shape index (κ3) is 4.65. The predicted octanol–water partition coefficient (Wildman–Crippen LogP) is 3.11. The number of hydrogen-bond donors (Lipinski definition) is 2. The molecule has 4 rings (SSSR count). The first-order chi connectivity index (χ1) is 14.6. The molecule has 6 heteroatoms. The van der Waals surface area contributed by atoms with Gasteiger partial charge < -0.3 is 9.64 Å². The molecule has 3 atom stereocenters. The number of likely N-dealkylation sites (tertiary alicyclic amines) is 1. The Balaban J connectivity index is 1.31. The zero-order chi connectivity index (χ0) is 20.9. The summed E-state index contributed by atoms with van der Waals surface area (Å²) in [7, 11) is 0. The highest BCUT2D eigenvalue weighted by molar-refractivity contribution is 5.77. The summed E-state index contributed by atoms with van der Waals surface area (Å²) in [6.07, 6.45) is 7.07. The number of aromatic nitrogens is 1. The number of nitrogens with zero attached hydrogens (tertiary/aromatic N) is 2. The zero-order valence-electron chi connectivity index (χ0n) is 17.9. The molecule has 30 heavy (non-hydrogen) atoms. The van der Waals surface area contributed by atoms with Crippen molar-refractivity contribution in [1.82, 2.24) is 20.7 Å². The second-order valence-electron chi connectivity index (χ2n) is 8.46. The summed E-state index contributed by atoms with van der Waals surface area (Å²) in [5, 5.41) is 0. The van der Waals surface area contributed by atoms with Gasteiger partial charge in [0.2, 0.25) is 5.91 Å². The van der Waals surface area contributed by atoms with Crippen molar-refractivity contribution < 1.29 is 9.53 Å². The number of aryl methyl sites for hydroxylation is 2. The molecule has 0 aliphatic carbocycles. The van der Waals surface area contributed by atoms with E-state index in [0.29, 0.717) is 18.9 Å². The van der Waals surface area contributed by atoms with E-state index >= 15 is 0 Å². The Labute approximate surface area is 179 Å². The maximum absolute atomic E-state index is 13.0. The van der Waals surface area contributed by atoms with Crippen LogP contribution in [0.1, 0.15) is 48.3 Å². The molecule has 2 aliphatic rings. The summed E-state index contributed by atoms with van der Waals surface area (Å²) in [6.45, 7) is 6.43. The lowest BCUT2D eigenvalue weighted by Crippen LogP contribution is -2.49. The fourth-order valence-electron chi connectivity index (χ4n) is 4.80. The van der Waals surface area contributed by atoms with Crippen molar-refractivity contribution in [1.29, 1.82) is 0 Å². The third-order valence-corrected chi connectivity index (χ3v) is 6.32. The van der Waals surface area contributed by atoms with Gasteiger partial charge in [-0.25, -0.2) is 0 Å². The molecule has 0 spiro atoms. The van der Waals surface area contributed by atoms with Crippen molar-refractivity contribution in [2.75, 3.05) is 19.7 Å². The topological polar surface area (TPSA) is 66.5 Å². The highest BCUT2D eigenvalue weighted by Gasteiger charge is 2.41. The van der Waals surface area contributed by atoms with Gasteiger partial charge in [0.1, 0.15) is 5.75 Å². The standard InChI is InChI=1S/C24H32N4O2/c1-17-7-8-22(18(2)15-17)30-14-4-6-23(29)28-13-3-5-21(28)24-20(16-26-27-24)19-9-11-25-12-10-19/h7-12,15,20-21,24,26-27H,3-6,13-14,16H2,1-2H3. The van der Waals surface area contributed by atoms with Crippen molar-refractivity contribution in [2.24, 2.45) is 0 Å². The minimum atomic E-state index is 0.227. The maximum Gasteiger partial charge on any atom is 0.223 e. The lowest BCUT2D eigenvalue weighted by Gasteiger charge is -2.32. The van der Waals surface area contributed by atoms with E-state index in [1.54, 1.807) is 0 Å². The number of ether oxygens (including phenoxy) is 1. The summed E-state index contributed by atoms with van der Waals surface area (Å²) in [6, 6.07) is 10.8. The van der Waals surface area contributed by atoms with Gasteiger partial charge in [0.05, 0.1) is 6.61 Å². The van der Waals surface area contributed by atoms with E-state index in [9.17, 15) is 4.79 Å². The molecule has 3 heterocycles. The summed E-state index contributed by atoms with van der Waals surface area (Å²) in [5.41, 5.74) is 10.4. The van der Waals surface area contributed by atoms with Crippen LogP contribution < -0.4 is 15.6 Å². The van der Waals surface area contributed by atoms with Gasteiger partial charge in [-0.05, 0) is 62.4 Å². The first-order valence-corrected chi connectivity index (χ1v) is 11.0. The van der Waals surface area contributed by atoms with Gasteiger partial charge >= 0.3 is 0 Å². The number of carbonyl (C=O) groups excluding carboxylic acids is 1. The molecular weight excluding hydrogens is 376 g/mol. The van der Waals surface area contributed by atoms with Crippen LogP contribution >= 0.6 is 0 Å². The summed E-state index contributed by atoms with van der Waals surface area (Å²) >= 11 is 0. The molecule has 160 valence electrons. The summed E-state index contributed by atoms with van der Waals surface area (Å²) in [5.74, 6) is 1.50. The lowest BCUT2D eigenvalue weighted by atomic mass is 9.88. The Morgan fingerprint density at radius 2 is 2.07 bits per heavy atom. The molecule has 0 saturated carbocycles. The maximum atomic E-state index is 13.0. The Kier molecular flexibility index (Phi) is 6.65. The number of pyridine rings is 1. The van der Waals surface area contributed by atoms with Crippen LogP contribution in [0.3, 0.4) is 0 Å². The van der Waals surface area contributed by atoms with Gasteiger partial charge in [-0.1, -0.05) is 17.7 Å². The molecule has 2 aliphatic heterocycles. The first kappa shape index (κ1) is 20.8. The minimum absolute atomic E-state index is 0.227. The predicted molar refractivity (Wildman–Crippen MR) is 117 cm³/mol. The van der Waals surface area contributed by atoms with Crippen molar-refractivity contribution in [3.63, 3.8) is 0 Å². The second kappa shape index (κ2) is 9.58. The Hall–Kier alpha value is -2.44. The Bertz CT molecular complexity index is 858. The molecule has 6 nitrogen and oxygen atoms in total. The average Bonchev–Trinajstić information content (AvgIpc) is 3.42. The van der Waals surface area contributed by atoms with Crippen molar-refractivity contribution in [3.8, 4) is 5.75 Å². The van der Waals surface area contributed by atoms with Crippen molar-refractivity contribution >= 4 is 5.91 Å². The SMILES string of the molecule is Cc1ccc(OCCCC(=O)N2CCCC2C2NNCC2c2ccncc2)c(C)c1. The van der Waals surface area contributed by atoms with Gasteiger partial charge in [0, 0.05) is 49.9 Å². The van der Waals surface area contributed by atoms with Crippen LogP contribution in [0.2, 0.25) is 0 Å². The molecule has 2 saturated heterocycles. The molecule has 2 aromatic rings. The largest absolute Gasteiger partial charge is 0.493 e. The van der Waals surface area contributed by atoms with Crippen LogP contribution in [-0.2, 0) is 4.79 Å². The van der Waals surface area contributed by atoms with Gasteiger partial charge in [0.25, 0.3) is 0 Å². The van der Waals surface area contributed by atoms with E-state index in [4.69, 9.17) is 4.74 Å². The Morgan fingerprint density at radius 3 is 2.87 bits per heavy atom. The number of rotatable bonds is 7. The first-order valence-electron chi connectivity index (χ1n) is 11.0. The van der Waals surface area contributed by atoms with Gasteiger partial charge in [0.15, 0.2) is 0 Å². The van der Waals surface area contributed by atoms with Gasteiger partial charge in [-0.15, -0.1) is 0 Å². The molecule has 2 N–H and O–H groups in total. The van der Waals surface area contributed by atoms with Crippen LogP contribution in [0.5, 0.6) is 5.75 Å². The van der Waals surface area contributed by atoms with E-state index in [2.05, 4.69) is 58.8 Å². The van der Waals surface area contributed by atoms with Crippen molar-refractivity contribution in [3.05, 3.63) is 59.4 Å². The summed E-state index contributed by atoms with van der Waals surface area (Å²) < 4.78 is 5.91. The van der Waals surface area contributed by atoms with E-state index in [-0.39, 0.29) is 18.0 Å². The fourth-order valence-corrected chi connectivity index (χ4v) is 4.80. The van der Waals surface area contributed by atoms with Gasteiger partial charge in [-0.2, -0.15) is 0 Å². The second-order valence-corrected chi connectivity index (χ2v) is 8.46. The van der Waals surface area contributed by atoms with Crippen LogP contribution in [0.4, 0.5) is 0 Å². The third-order valence-electron chi connectivity index (χ3n) is 6.32. The smallest absolute Gasteiger partial charge is 0.223 e. The van der Waals surface area contributed by atoms with Crippen LogP contribution in [0, 0.1) is 13.8 Å². The molecule has 2 fully saturated rings. The fraction of sp³-hybridized carbons (Fsp3) is 0.500. The summed E-state index contributed by atoms with van der Waals surface area (Å²) in [4.78, 5) is 19.2. The molecular formula is C24H32N4O2. The van der Waals surface area contributed by atoms with Crippen LogP contribution in [0.15, 0.2) is 42.7 Å². The van der Waals surface area contributed by atoms with Crippen LogP contribution in [-0.4, -0.2) is 47.6 Å². The van der Waals surface area contributed by atoms with E-state index < -0.39 is 0 Å². The number of hydrazine groups is 1. The average molecular weight is 409 g/mol. The van der Waals surface area contributed by atoms with Crippen molar-refractivity contribution in [2.45, 2.75) is 57.5 Å². The van der Waals surface area contributed by atoms with E-state index in [0.717, 1.165) is 43.7 Å². The Morgan fingerprint density at radius 1 is 1.23 bits per heavy atom. The normalized spacial score (nSPS) is 23.7. The molecule has 1 aromatic heterocycles. The van der Waals surface area contributed by atoms with Crippen LogP contribution in [0.25, 0.3) is 0 Å². The highest BCUT2D eigenvalue weighted by atomic mass is 16.5. The molecule has 1 amide bonds. The number of hydrogen-bond acceptors (Lipinski definition) is 5. The molecule has 1 aromatic carbocycles. The van der Waals surface area contributed by atoms with Gasteiger partial charge in [-0.3, -0.25) is 20.6 Å². The molecule has 0 radical (unpaired) electrons. The zero-order valence-corrected chi connectivity index (χ0v) is 17.9. The number of nitrogens with one attached hydrogen (secondary N) is 2. The number of benzene rings is 1. The molecule has 0 bridgehead atoms. The quantitative estimate of drug-likeness (QED) is 0.689. The van der Waals surface area contributed by atoms with E-state index in [1.807, 2.05) is 18.5 Å². The number of carbonyl (C=O) groups is 1. The highest BCUT2D eigenvalue weighted by Crippen LogP contribution is 2.31. The lowest BCUT2D eigenvalue weighted by molar-refractivity contribution is -0.132. The minimum Gasteiger partial charge on any atom is -0.493 e. The van der Waals surface area contributed by atoms with E-state index in [1.165, 1.54) is 11.1 Å².